The van der Waals surface area contributed by atoms with Crippen LogP contribution in [-0.4, -0.2) is 13.4 Å². The number of allylic oxidation sites excluding steroid dienone is 2. The van der Waals surface area contributed by atoms with E-state index in [0.29, 0.717) is 11.0 Å². The first kappa shape index (κ1) is 17.0. The number of hydrogen-bond acceptors (Lipinski definition) is 4. The summed E-state index contributed by atoms with van der Waals surface area (Å²) in [4.78, 5) is 4.61. The normalized spacial score (nSPS) is 18.6. The van der Waals surface area contributed by atoms with Gasteiger partial charge in [0.25, 0.3) is 0 Å². The minimum absolute atomic E-state index is 0.122. The molecule has 0 unspecified atom stereocenters. The maximum Gasteiger partial charge on any atom is 0.238 e. The molecule has 132 valence electrons. The summed E-state index contributed by atoms with van der Waals surface area (Å²) < 4.78 is 23.0. The Labute approximate surface area is 153 Å². The van der Waals surface area contributed by atoms with Crippen LogP contribution in [0.25, 0.3) is 11.1 Å². The third kappa shape index (κ3) is 2.94. The fourth-order valence-corrected chi connectivity index (χ4v) is 4.58. The van der Waals surface area contributed by atoms with Crippen molar-refractivity contribution >= 4 is 21.2 Å². The molecule has 0 radical (unpaired) electrons. The average Bonchev–Trinajstić information content (AvgIpc) is 3.03. The topological polar surface area (TPSA) is 96.8 Å². The standard InChI is InChI=1S/C20H19N3O2S/c21-12-14-2-7-19(23-13-14)18-11-20(8-1-9-20)10-17(18)15-3-5-16(6-4-15)26(22,24)25/h2-7,13H,1,8-11H2,(H2,22,24,25). The number of rotatable bonds is 3. The molecule has 2 aliphatic carbocycles. The van der Waals surface area contributed by atoms with Gasteiger partial charge in [0.2, 0.25) is 10.0 Å². The molecule has 1 fully saturated rings. The SMILES string of the molecule is N#Cc1ccc(C2=C(c3ccc(S(N)(=O)=O)cc3)CC3(CCC3)C2)nc1. The van der Waals surface area contributed by atoms with Crippen LogP contribution in [-0.2, 0) is 10.0 Å². The maximum atomic E-state index is 11.5. The molecular formula is C20H19N3O2S. The van der Waals surface area contributed by atoms with E-state index in [1.165, 1.54) is 30.4 Å². The van der Waals surface area contributed by atoms with Gasteiger partial charge in [-0.2, -0.15) is 5.26 Å². The number of aromatic nitrogens is 1. The van der Waals surface area contributed by atoms with Crippen molar-refractivity contribution < 1.29 is 8.42 Å². The molecule has 0 bridgehead atoms. The molecule has 0 atom stereocenters. The molecule has 0 amide bonds. The minimum atomic E-state index is -3.69. The molecule has 4 rings (SSSR count). The zero-order chi connectivity index (χ0) is 18.4. The van der Waals surface area contributed by atoms with Gasteiger partial charge >= 0.3 is 0 Å². The molecule has 1 spiro atoms. The lowest BCUT2D eigenvalue weighted by Gasteiger charge is -2.39. The monoisotopic (exact) mass is 365 g/mol. The summed E-state index contributed by atoms with van der Waals surface area (Å²) in [7, 11) is -3.69. The number of nitriles is 1. The van der Waals surface area contributed by atoms with Crippen molar-refractivity contribution in [2.45, 2.75) is 37.0 Å². The van der Waals surface area contributed by atoms with E-state index in [2.05, 4.69) is 11.1 Å². The average molecular weight is 365 g/mol. The molecule has 0 saturated heterocycles. The van der Waals surface area contributed by atoms with E-state index in [1.807, 2.05) is 18.2 Å². The molecule has 1 aromatic carbocycles. The lowest BCUT2D eigenvalue weighted by molar-refractivity contribution is 0.157. The van der Waals surface area contributed by atoms with Gasteiger partial charge in [0.15, 0.2) is 0 Å². The summed E-state index contributed by atoms with van der Waals surface area (Å²) in [6.07, 6.45) is 7.26. The van der Waals surface area contributed by atoms with E-state index in [9.17, 15) is 8.42 Å². The molecule has 6 heteroatoms. The number of nitrogens with two attached hydrogens (primary N) is 1. The largest absolute Gasteiger partial charge is 0.255 e. The van der Waals surface area contributed by atoms with Crippen LogP contribution in [0.2, 0.25) is 0 Å². The molecule has 1 heterocycles. The van der Waals surface area contributed by atoms with Crippen LogP contribution in [0.4, 0.5) is 0 Å². The maximum absolute atomic E-state index is 11.5. The van der Waals surface area contributed by atoms with Crippen molar-refractivity contribution in [1.82, 2.24) is 4.98 Å². The van der Waals surface area contributed by atoms with Gasteiger partial charge in [-0.15, -0.1) is 0 Å². The zero-order valence-electron chi connectivity index (χ0n) is 14.3. The summed E-state index contributed by atoms with van der Waals surface area (Å²) >= 11 is 0. The Kier molecular flexibility index (Phi) is 3.94. The highest BCUT2D eigenvalue weighted by Crippen LogP contribution is 2.59. The fraction of sp³-hybridized carbons (Fsp3) is 0.300. The molecule has 1 saturated carbocycles. The highest BCUT2D eigenvalue weighted by Gasteiger charge is 2.44. The summed E-state index contributed by atoms with van der Waals surface area (Å²) in [5.74, 6) is 0. The zero-order valence-corrected chi connectivity index (χ0v) is 15.1. The Balaban J connectivity index is 1.77. The predicted octanol–water partition coefficient (Wildman–Crippen LogP) is 3.48. The molecule has 1 aromatic heterocycles. The van der Waals surface area contributed by atoms with Gasteiger partial charge in [0, 0.05) is 6.20 Å². The Hall–Kier alpha value is -2.49. The third-order valence-electron chi connectivity index (χ3n) is 5.62. The Morgan fingerprint density at radius 2 is 1.73 bits per heavy atom. The van der Waals surface area contributed by atoms with Crippen molar-refractivity contribution in [3.05, 3.63) is 59.4 Å². The molecule has 26 heavy (non-hydrogen) atoms. The third-order valence-corrected chi connectivity index (χ3v) is 6.54. The Morgan fingerprint density at radius 1 is 1.04 bits per heavy atom. The number of primary sulfonamides is 1. The van der Waals surface area contributed by atoms with E-state index >= 15 is 0 Å². The summed E-state index contributed by atoms with van der Waals surface area (Å²) in [6, 6.07) is 12.6. The Morgan fingerprint density at radius 3 is 2.23 bits per heavy atom. The predicted molar refractivity (Wildman–Crippen MR) is 99.1 cm³/mol. The van der Waals surface area contributed by atoms with Crippen molar-refractivity contribution in [2.24, 2.45) is 10.6 Å². The quantitative estimate of drug-likeness (QED) is 0.900. The Bertz CT molecular complexity index is 1030. The van der Waals surface area contributed by atoms with Crippen molar-refractivity contribution in [2.75, 3.05) is 0 Å². The van der Waals surface area contributed by atoms with E-state index in [0.717, 1.165) is 24.1 Å². The van der Waals surface area contributed by atoms with E-state index in [1.54, 1.807) is 24.4 Å². The molecular weight excluding hydrogens is 346 g/mol. The van der Waals surface area contributed by atoms with Gasteiger partial charge < -0.3 is 0 Å². The van der Waals surface area contributed by atoms with Gasteiger partial charge in [-0.05, 0) is 72.1 Å². The van der Waals surface area contributed by atoms with Crippen LogP contribution in [0.3, 0.4) is 0 Å². The number of nitrogens with zero attached hydrogens (tertiary/aromatic N) is 2. The van der Waals surface area contributed by atoms with Crippen LogP contribution in [0, 0.1) is 16.7 Å². The second-order valence-corrected chi connectivity index (χ2v) is 8.84. The van der Waals surface area contributed by atoms with Crippen molar-refractivity contribution in [3.8, 4) is 6.07 Å². The second-order valence-electron chi connectivity index (χ2n) is 7.28. The second kappa shape index (κ2) is 6.04. The van der Waals surface area contributed by atoms with Gasteiger partial charge in [0.1, 0.15) is 6.07 Å². The van der Waals surface area contributed by atoms with Gasteiger partial charge in [-0.1, -0.05) is 18.6 Å². The van der Waals surface area contributed by atoms with Crippen LogP contribution in [0.1, 0.15) is 48.9 Å². The first-order chi connectivity index (χ1) is 12.4. The number of pyridine rings is 1. The van der Waals surface area contributed by atoms with E-state index < -0.39 is 10.0 Å². The van der Waals surface area contributed by atoms with Crippen molar-refractivity contribution in [1.29, 1.82) is 5.26 Å². The van der Waals surface area contributed by atoms with Crippen molar-refractivity contribution in [3.63, 3.8) is 0 Å². The molecule has 2 aliphatic rings. The molecule has 2 aromatic rings. The lowest BCUT2D eigenvalue weighted by atomic mass is 9.66. The molecule has 2 N–H and O–H groups in total. The molecule has 5 nitrogen and oxygen atoms in total. The first-order valence-electron chi connectivity index (χ1n) is 8.62. The highest BCUT2D eigenvalue weighted by atomic mass is 32.2. The summed E-state index contributed by atoms with van der Waals surface area (Å²) in [5, 5.41) is 14.2. The lowest BCUT2D eigenvalue weighted by Crippen LogP contribution is -2.26. The summed E-state index contributed by atoms with van der Waals surface area (Å²) in [5.41, 5.74) is 5.21. The van der Waals surface area contributed by atoms with Crippen LogP contribution < -0.4 is 5.14 Å². The van der Waals surface area contributed by atoms with E-state index in [-0.39, 0.29) is 4.90 Å². The highest BCUT2D eigenvalue weighted by molar-refractivity contribution is 7.89. The summed E-state index contributed by atoms with van der Waals surface area (Å²) in [6.45, 7) is 0. The minimum Gasteiger partial charge on any atom is -0.255 e. The molecule has 0 aliphatic heterocycles. The number of sulfonamides is 1. The smallest absolute Gasteiger partial charge is 0.238 e. The van der Waals surface area contributed by atoms with Crippen LogP contribution >= 0.6 is 0 Å². The number of benzene rings is 1. The van der Waals surface area contributed by atoms with Crippen LogP contribution in [0.5, 0.6) is 0 Å². The first-order valence-corrected chi connectivity index (χ1v) is 10.2. The van der Waals surface area contributed by atoms with E-state index in [4.69, 9.17) is 10.4 Å². The van der Waals surface area contributed by atoms with Gasteiger partial charge in [-0.25, -0.2) is 13.6 Å². The van der Waals surface area contributed by atoms with Gasteiger partial charge in [0.05, 0.1) is 16.2 Å². The van der Waals surface area contributed by atoms with Crippen LogP contribution in [0.15, 0.2) is 47.5 Å². The number of hydrogen-bond donors (Lipinski definition) is 1. The fourth-order valence-electron chi connectivity index (χ4n) is 4.06. The van der Waals surface area contributed by atoms with Gasteiger partial charge in [-0.3, -0.25) is 4.98 Å².